The number of aliphatic hydroxyl groups excluding tert-OH is 2. The number of aromatic hydroxyl groups is 1. The van der Waals surface area contributed by atoms with Crippen LogP contribution in [0.1, 0.15) is 23.1 Å². The Morgan fingerprint density at radius 2 is 1.90 bits per heavy atom. The second-order valence-electron chi connectivity index (χ2n) is 11.5. The zero-order valence-electron chi connectivity index (χ0n) is 23.4. The molecule has 1 aromatic rings. The Bertz CT molecular complexity index is 1470. The minimum absolute atomic E-state index is 0.0389. The lowest BCUT2D eigenvalue weighted by Gasteiger charge is -2.50. The minimum Gasteiger partial charge on any atom is -0.508 e. The summed E-state index contributed by atoms with van der Waals surface area (Å²) < 4.78 is 0. The van der Waals surface area contributed by atoms with E-state index in [1.54, 1.807) is 20.3 Å². The van der Waals surface area contributed by atoms with Gasteiger partial charge in [0.2, 0.25) is 5.78 Å². The number of nitrogens with one attached hydrogen (secondary N) is 1. The molecule has 1 amide bonds. The number of Topliss-reactive ketones (excluding diaryl/α,β-unsaturated/α-hetero) is 2. The molecule has 5 atom stereocenters. The predicted molar refractivity (Wildman–Crippen MR) is 152 cm³/mol. The summed E-state index contributed by atoms with van der Waals surface area (Å²) in [6.45, 7) is 0.781. The normalized spacial score (nSPS) is 29.0. The molecule has 1 aromatic carbocycles. The lowest BCUT2D eigenvalue weighted by molar-refractivity contribution is -0.153. The molecule has 2 unspecified atom stereocenters. The van der Waals surface area contributed by atoms with Gasteiger partial charge in [0.05, 0.1) is 18.2 Å². The molecular weight excluding hydrogens is 530 g/mol. The number of nitrogens with zero attached hydrogens (tertiary/aromatic N) is 3. The van der Waals surface area contributed by atoms with Crippen molar-refractivity contribution in [2.75, 3.05) is 39.6 Å². The van der Waals surface area contributed by atoms with Crippen molar-refractivity contribution in [2.45, 2.75) is 37.1 Å². The van der Waals surface area contributed by atoms with Crippen LogP contribution in [-0.2, 0) is 27.3 Å². The molecule has 4 aliphatic rings. The number of primary amides is 1. The smallest absolute Gasteiger partial charge is 0.255 e. The van der Waals surface area contributed by atoms with Crippen molar-refractivity contribution in [3.63, 3.8) is 0 Å². The summed E-state index contributed by atoms with van der Waals surface area (Å²) in [6.07, 6.45) is 5.75. The van der Waals surface area contributed by atoms with Crippen molar-refractivity contribution in [2.24, 2.45) is 22.6 Å². The number of nitrogens with two attached hydrogens (primary N) is 1. The third-order valence-corrected chi connectivity index (χ3v) is 8.65. The second kappa shape index (κ2) is 10.1. The van der Waals surface area contributed by atoms with Crippen molar-refractivity contribution < 1.29 is 34.8 Å². The fraction of sp³-hybridized carbons (Fsp3) is 0.448. The van der Waals surface area contributed by atoms with Gasteiger partial charge in [-0.3, -0.25) is 24.3 Å². The van der Waals surface area contributed by atoms with Crippen LogP contribution in [0.25, 0.3) is 5.76 Å². The maximum atomic E-state index is 14.1. The van der Waals surface area contributed by atoms with Crippen LogP contribution in [-0.4, -0.2) is 101 Å². The largest absolute Gasteiger partial charge is 0.508 e. The highest BCUT2D eigenvalue weighted by Gasteiger charge is 2.64. The first-order valence-corrected chi connectivity index (χ1v) is 13.4. The molecule has 3 aliphatic carbocycles. The summed E-state index contributed by atoms with van der Waals surface area (Å²) in [5, 5.41) is 49.1. The van der Waals surface area contributed by atoms with E-state index >= 15 is 0 Å². The summed E-state index contributed by atoms with van der Waals surface area (Å²) in [5.41, 5.74) is 3.61. The molecule has 0 aromatic heterocycles. The monoisotopic (exact) mass is 565 g/mol. The molecule has 1 aliphatic heterocycles. The van der Waals surface area contributed by atoms with Crippen LogP contribution in [0.15, 0.2) is 40.1 Å². The number of ketones is 2. The number of likely N-dealkylation sites (N-methyl/N-ethyl adjacent to an activating group) is 1. The maximum Gasteiger partial charge on any atom is 0.255 e. The molecule has 0 bridgehead atoms. The first-order valence-electron chi connectivity index (χ1n) is 13.4. The molecular formula is C29H35N5O7. The van der Waals surface area contributed by atoms with Crippen LogP contribution in [0.2, 0.25) is 0 Å². The van der Waals surface area contributed by atoms with E-state index in [-0.39, 0.29) is 42.3 Å². The number of phenolic OH excluding ortho intramolecular Hbond substituents is 1. The predicted octanol–water partition coefficient (Wildman–Crippen LogP) is 0.129. The van der Waals surface area contributed by atoms with Crippen LogP contribution in [0.3, 0.4) is 0 Å². The number of hydrogen-bond acceptors (Lipinski definition) is 11. The number of rotatable bonds is 6. The van der Waals surface area contributed by atoms with Gasteiger partial charge in [-0.2, -0.15) is 0 Å². The third kappa shape index (κ3) is 4.25. The maximum absolute atomic E-state index is 14.1. The summed E-state index contributed by atoms with van der Waals surface area (Å²) in [5.74, 6) is -6.65. The molecule has 12 nitrogen and oxygen atoms in total. The fourth-order valence-electron chi connectivity index (χ4n) is 6.73. The highest BCUT2D eigenvalue weighted by atomic mass is 16.3. The van der Waals surface area contributed by atoms with Gasteiger partial charge in [0, 0.05) is 55.6 Å². The zero-order chi connectivity index (χ0) is 30.0. The number of amides is 1. The molecule has 0 spiro atoms. The number of fused-ring (bicyclic) bond motifs is 3. The number of dihydropyridines is 1. The average molecular weight is 566 g/mol. The Morgan fingerprint density at radius 1 is 1.20 bits per heavy atom. The molecule has 1 saturated carbocycles. The number of aliphatic hydroxyl groups is 3. The van der Waals surface area contributed by atoms with Gasteiger partial charge in [0.1, 0.15) is 22.8 Å². The van der Waals surface area contributed by atoms with Crippen LogP contribution >= 0.6 is 0 Å². The first-order chi connectivity index (χ1) is 19.3. The van der Waals surface area contributed by atoms with Crippen LogP contribution in [0, 0.1) is 11.8 Å². The number of benzene rings is 1. The van der Waals surface area contributed by atoms with Crippen molar-refractivity contribution >= 4 is 35.1 Å². The SMILES string of the molecule is CN(C)c1cc(CNC2C=CC=NC2)c(O)c2c1C[C@H]1C[C@H]3C(N(C)C)C(=O)C(C(N)=O)=C(O)[C@@]3(O)C(=O)C1=C2O. The van der Waals surface area contributed by atoms with Gasteiger partial charge in [-0.05, 0) is 50.6 Å². The standard InChI is InChI=1S/C29H35N5O7/c1-33(2)18-10-14(11-32-15-6-5-7-31-12-15)23(35)20-16(18)8-13-9-17-22(34(3)4)25(37)21(28(30)40)27(39)29(17,41)26(38)19(13)24(20)36/h5-7,10,13,15,17,22,32,35-36,39,41H,8-9,11-12H2,1-4H3,(H2,30,40)/t13-,15?,17-,22?,29-/m0/s1. The van der Waals surface area contributed by atoms with Crippen LogP contribution < -0.4 is 16.0 Å². The minimum atomic E-state index is -2.67. The van der Waals surface area contributed by atoms with E-state index in [1.165, 1.54) is 4.90 Å². The molecule has 12 heteroatoms. The van der Waals surface area contributed by atoms with E-state index in [0.29, 0.717) is 17.7 Å². The van der Waals surface area contributed by atoms with Gasteiger partial charge in [0.15, 0.2) is 11.4 Å². The molecule has 1 heterocycles. The Labute approximate surface area is 237 Å². The van der Waals surface area contributed by atoms with Gasteiger partial charge in [0.25, 0.3) is 5.91 Å². The number of hydrogen-bond donors (Lipinski definition) is 6. The van der Waals surface area contributed by atoms with Gasteiger partial charge < -0.3 is 36.4 Å². The van der Waals surface area contributed by atoms with Crippen molar-refractivity contribution in [1.82, 2.24) is 10.2 Å². The van der Waals surface area contributed by atoms with Crippen molar-refractivity contribution in [1.29, 1.82) is 0 Å². The first kappa shape index (κ1) is 28.5. The van der Waals surface area contributed by atoms with Crippen molar-refractivity contribution in [3.05, 3.63) is 51.8 Å². The zero-order valence-corrected chi connectivity index (χ0v) is 23.4. The Kier molecular flexibility index (Phi) is 7.04. The molecule has 5 rings (SSSR count). The quantitative estimate of drug-likeness (QED) is 0.259. The summed E-state index contributed by atoms with van der Waals surface area (Å²) in [4.78, 5) is 47.0. The van der Waals surface area contributed by atoms with Crippen LogP contribution in [0.4, 0.5) is 5.69 Å². The molecule has 1 fully saturated rings. The van der Waals surface area contributed by atoms with E-state index in [2.05, 4.69) is 10.3 Å². The highest BCUT2D eigenvalue weighted by Crippen LogP contribution is 2.54. The third-order valence-electron chi connectivity index (χ3n) is 8.65. The number of carbonyl (C=O) groups excluding carboxylic acids is 3. The lowest BCUT2D eigenvalue weighted by atomic mass is 9.57. The van der Waals surface area contributed by atoms with E-state index in [0.717, 1.165) is 5.69 Å². The molecule has 7 N–H and O–H groups in total. The molecule has 218 valence electrons. The number of aliphatic imine (C=N–C) groups is 1. The summed E-state index contributed by atoms with van der Waals surface area (Å²) in [6, 6.07) is 0.658. The molecule has 0 radical (unpaired) electrons. The summed E-state index contributed by atoms with van der Waals surface area (Å²) >= 11 is 0. The topological polar surface area (TPSA) is 189 Å². The Hall–Kier alpha value is -4.00. The van der Waals surface area contributed by atoms with Gasteiger partial charge in [-0.1, -0.05) is 6.08 Å². The lowest BCUT2D eigenvalue weighted by Crippen LogP contribution is -2.65. The fourth-order valence-corrected chi connectivity index (χ4v) is 6.73. The Morgan fingerprint density at radius 3 is 2.49 bits per heavy atom. The summed E-state index contributed by atoms with van der Waals surface area (Å²) in [7, 11) is 6.81. The van der Waals surface area contributed by atoms with Gasteiger partial charge in [-0.25, -0.2) is 0 Å². The molecule has 41 heavy (non-hydrogen) atoms. The van der Waals surface area contributed by atoms with Crippen molar-refractivity contribution in [3.8, 4) is 5.75 Å². The second-order valence-corrected chi connectivity index (χ2v) is 11.5. The number of phenols is 1. The number of anilines is 1. The van der Waals surface area contributed by atoms with Crippen LogP contribution in [0.5, 0.6) is 5.75 Å². The van der Waals surface area contributed by atoms with Gasteiger partial charge >= 0.3 is 0 Å². The van der Waals surface area contributed by atoms with E-state index in [4.69, 9.17) is 5.73 Å². The molecule has 0 saturated heterocycles. The van der Waals surface area contributed by atoms with E-state index in [9.17, 15) is 34.8 Å². The van der Waals surface area contributed by atoms with E-state index < -0.39 is 58.0 Å². The highest BCUT2D eigenvalue weighted by molar-refractivity contribution is 6.24. The van der Waals surface area contributed by atoms with Gasteiger partial charge in [-0.15, -0.1) is 0 Å². The Balaban J connectivity index is 1.65. The average Bonchev–Trinajstić information content (AvgIpc) is 2.90. The number of carbonyl (C=O) groups is 3. The van der Waals surface area contributed by atoms with E-state index in [1.807, 2.05) is 37.2 Å². The number of allylic oxidation sites excluding steroid dienone is 1.